The smallest absolute Gasteiger partial charge is 0.254 e. The number of amides is 1. The third-order valence-corrected chi connectivity index (χ3v) is 3.66. The molecule has 0 radical (unpaired) electrons. The largest absolute Gasteiger partial charge is 0.349 e. The minimum Gasteiger partial charge on any atom is -0.349 e. The van der Waals surface area contributed by atoms with Crippen molar-refractivity contribution in [2.75, 3.05) is 5.32 Å². The van der Waals surface area contributed by atoms with Crippen LogP contribution >= 0.6 is 23.2 Å². The summed E-state index contributed by atoms with van der Waals surface area (Å²) in [5.41, 5.74) is 0.966. The molecule has 0 unspecified atom stereocenters. The molecule has 1 aromatic carbocycles. The minimum atomic E-state index is -0.153. The number of para-hydroxylation sites is 1. The second-order valence-corrected chi connectivity index (χ2v) is 5.58. The maximum Gasteiger partial charge on any atom is 0.254 e. The van der Waals surface area contributed by atoms with E-state index in [1.54, 1.807) is 18.2 Å². The Hall–Kier alpha value is -1.85. The molecule has 1 heterocycles. The van der Waals surface area contributed by atoms with E-state index >= 15 is 0 Å². The van der Waals surface area contributed by atoms with Gasteiger partial charge >= 0.3 is 0 Å². The summed E-state index contributed by atoms with van der Waals surface area (Å²) in [5, 5.41) is 6.77. The number of nitrogens with one attached hydrogen (secondary N) is 2. The number of anilines is 2. The number of hydrogen-bond donors (Lipinski definition) is 2. The van der Waals surface area contributed by atoms with Crippen LogP contribution in [0.15, 0.2) is 30.6 Å². The molecule has 108 valence electrons. The number of benzene rings is 1. The highest BCUT2D eigenvalue weighted by Gasteiger charge is 2.24. The quantitative estimate of drug-likeness (QED) is 0.905. The Morgan fingerprint density at radius 3 is 2.33 bits per heavy atom. The predicted octanol–water partition coefficient (Wildman–Crippen LogP) is 3.42. The maximum atomic E-state index is 11.8. The van der Waals surface area contributed by atoms with Crippen molar-refractivity contribution in [1.82, 2.24) is 15.3 Å². The molecule has 3 rings (SSSR count). The number of aromatic nitrogens is 2. The fourth-order valence-electron chi connectivity index (χ4n) is 1.74. The maximum absolute atomic E-state index is 11.8. The van der Waals surface area contributed by atoms with E-state index in [1.165, 1.54) is 12.4 Å². The molecule has 5 nitrogen and oxygen atoms in total. The van der Waals surface area contributed by atoms with Crippen LogP contribution in [0.2, 0.25) is 10.0 Å². The number of hydrogen-bond acceptors (Lipinski definition) is 4. The van der Waals surface area contributed by atoms with E-state index in [0.717, 1.165) is 12.8 Å². The third kappa shape index (κ3) is 3.43. The summed E-state index contributed by atoms with van der Waals surface area (Å²) >= 11 is 12.1. The van der Waals surface area contributed by atoms with Crippen molar-refractivity contribution < 1.29 is 4.79 Å². The first-order valence-corrected chi connectivity index (χ1v) is 7.23. The lowest BCUT2D eigenvalue weighted by atomic mass is 10.3. The van der Waals surface area contributed by atoms with Crippen molar-refractivity contribution >= 4 is 40.7 Å². The predicted molar refractivity (Wildman–Crippen MR) is 82.3 cm³/mol. The Kier molecular flexibility index (Phi) is 3.94. The van der Waals surface area contributed by atoms with Gasteiger partial charge in [0, 0.05) is 18.4 Å². The Labute approximate surface area is 131 Å². The van der Waals surface area contributed by atoms with Gasteiger partial charge in [0.1, 0.15) is 0 Å². The lowest BCUT2D eigenvalue weighted by Crippen LogP contribution is -2.25. The highest BCUT2D eigenvalue weighted by molar-refractivity contribution is 6.39. The third-order valence-electron chi connectivity index (χ3n) is 3.03. The molecule has 0 saturated heterocycles. The van der Waals surface area contributed by atoms with Gasteiger partial charge in [-0.3, -0.25) is 4.79 Å². The van der Waals surface area contributed by atoms with E-state index < -0.39 is 0 Å². The number of carbonyl (C=O) groups excluding carboxylic acids is 1. The SMILES string of the molecule is O=C(NC1CC1)c1cnc(Nc2c(Cl)cccc2Cl)nc1. The average molecular weight is 323 g/mol. The monoisotopic (exact) mass is 322 g/mol. The van der Waals surface area contributed by atoms with Crippen LogP contribution in [-0.4, -0.2) is 21.9 Å². The summed E-state index contributed by atoms with van der Waals surface area (Å²) in [4.78, 5) is 20.0. The molecule has 0 atom stereocenters. The molecule has 1 aliphatic rings. The molecule has 1 fully saturated rings. The molecule has 1 amide bonds. The van der Waals surface area contributed by atoms with Gasteiger partial charge in [0.05, 0.1) is 21.3 Å². The molecule has 0 bridgehead atoms. The van der Waals surface area contributed by atoms with Gasteiger partial charge in [-0.2, -0.15) is 0 Å². The van der Waals surface area contributed by atoms with Crippen molar-refractivity contribution in [3.63, 3.8) is 0 Å². The van der Waals surface area contributed by atoms with Crippen LogP contribution in [0.4, 0.5) is 11.6 Å². The lowest BCUT2D eigenvalue weighted by molar-refractivity contribution is 0.0950. The van der Waals surface area contributed by atoms with Crippen LogP contribution in [0, 0.1) is 0 Å². The van der Waals surface area contributed by atoms with Gasteiger partial charge in [-0.15, -0.1) is 0 Å². The molecule has 1 saturated carbocycles. The fourth-order valence-corrected chi connectivity index (χ4v) is 2.23. The molecule has 1 aliphatic carbocycles. The zero-order valence-corrected chi connectivity index (χ0v) is 12.4. The summed E-state index contributed by atoms with van der Waals surface area (Å²) in [6.45, 7) is 0. The summed E-state index contributed by atoms with van der Waals surface area (Å²) in [6.07, 6.45) is 5.02. The van der Waals surface area contributed by atoms with E-state index in [2.05, 4.69) is 20.6 Å². The molecule has 2 N–H and O–H groups in total. The highest BCUT2D eigenvalue weighted by Crippen LogP contribution is 2.31. The number of nitrogens with zero attached hydrogens (tertiary/aromatic N) is 2. The summed E-state index contributed by atoms with van der Waals surface area (Å²) in [7, 11) is 0. The molecule has 1 aromatic heterocycles. The van der Waals surface area contributed by atoms with Crippen LogP contribution in [0.25, 0.3) is 0 Å². The summed E-state index contributed by atoms with van der Waals surface area (Å²) in [6, 6.07) is 5.49. The van der Waals surface area contributed by atoms with E-state index in [-0.39, 0.29) is 5.91 Å². The topological polar surface area (TPSA) is 66.9 Å². The van der Waals surface area contributed by atoms with E-state index in [4.69, 9.17) is 23.2 Å². The minimum absolute atomic E-state index is 0.153. The van der Waals surface area contributed by atoms with Crippen molar-refractivity contribution in [2.24, 2.45) is 0 Å². The second kappa shape index (κ2) is 5.87. The van der Waals surface area contributed by atoms with Crippen LogP contribution in [-0.2, 0) is 0 Å². The number of rotatable bonds is 4. The summed E-state index contributed by atoms with van der Waals surface area (Å²) < 4.78 is 0. The van der Waals surface area contributed by atoms with Gasteiger partial charge in [0.25, 0.3) is 5.91 Å². The Bertz CT molecular complexity index is 651. The number of carbonyl (C=O) groups is 1. The Morgan fingerprint density at radius 1 is 1.14 bits per heavy atom. The van der Waals surface area contributed by atoms with Crippen LogP contribution in [0.1, 0.15) is 23.2 Å². The van der Waals surface area contributed by atoms with Gasteiger partial charge in [-0.05, 0) is 25.0 Å². The first-order chi connectivity index (χ1) is 10.1. The van der Waals surface area contributed by atoms with Gasteiger partial charge in [0.15, 0.2) is 0 Å². The summed E-state index contributed by atoms with van der Waals surface area (Å²) in [5.74, 6) is 0.174. The highest BCUT2D eigenvalue weighted by atomic mass is 35.5. The van der Waals surface area contributed by atoms with Crippen molar-refractivity contribution in [2.45, 2.75) is 18.9 Å². The first kappa shape index (κ1) is 14.1. The molecule has 21 heavy (non-hydrogen) atoms. The van der Waals surface area contributed by atoms with Crippen LogP contribution in [0.3, 0.4) is 0 Å². The van der Waals surface area contributed by atoms with Crippen molar-refractivity contribution in [1.29, 1.82) is 0 Å². The van der Waals surface area contributed by atoms with E-state index in [0.29, 0.717) is 33.3 Å². The van der Waals surface area contributed by atoms with Gasteiger partial charge in [0.2, 0.25) is 5.95 Å². The fraction of sp³-hybridized carbons (Fsp3) is 0.214. The standard InChI is InChI=1S/C14H12Cl2N4O/c15-10-2-1-3-11(16)12(10)20-14-17-6-8(7-18-14)13(21)19-9-4-5-9/h1-3,6-7,9H,4-5H2,(H,19,21)(H,17,18,20). The zero-order chi connectivity index (χ0) is 14.8. The first-order valence-electron chi connectivity index (χ1n) is 6.47. The lowest BCUT2D eigenvalue weighted by Gasteiger charge is -2.09. The average Bonchev–Trinajstić information content (AvgIpc) is 3.28. The van der Waals surface area contributed by atoms with E-state index in [1.807, 2.05) is 0 Å². The Balaban J connectivity index is 1.73. The molecular formula is C14H12Cl2N4O. The molecule has 0 aliphatic heterocycles. The second-order valence-electron chi connectivity index (χ2n) is 4.76. The van der Waals surface area contributed by atoms with Gasteiger partial charge < -0.3 is 10.6 Å². The van der Waals surface area contributed by atoms with Crippen molar-refractivity contribution in [3.05, 3.63) is 46.2 Å². The van der Waals surface area contributed by atoms with Crippen LogP contribution in [0.5, 0.6) is 0 Å². The molecule has 2 aromatic rings. The molecule has 7 heteroatoms. The number of halogens is 2. The van der Waals surface area contributed by atoms with Crippen molar-refractivity contribution in [3.8, 4) is 0 Å². The van der Waals surface area contributed by atoms with Gasteiger partial charge in [-0.25, -0.2) is 9.97 Å². The molecular weight excluding hydrogens is 311 g/mol. The van der Waals surface area contributed by atoms with Gasteiger partial charge in [-0.1, -0.05) is 29.3 Å². The molecule has 0 spiro atoms. The Morgan fingerprint density at radius 2 is 1.76 bits per heavy atom. The zero-order valence-electron chi connectivity index (χ0n) is 10.9. The van der Waals surface area contributed by atoms with E-state index in [9.17, 15) is 4.79 Å². The van der Waals surface area contributed by atoms with Crippen LogP contribution < -0.4 is 10.6 Å². The normalized spacial score (nSPS) is 13.8.